The first-order valence-electron chi connectivity index (χ1n) is 14.7. The van der Waals surface area contributed by atoms with Crippen molar-refractivity contribution in [2.45, 2.75) is 32.2 Å². The van der Waals surface area contributed by atoms with Crippen LogP contribution >= 0.6 is 11.6 Å². The van der Waals surface area contributed by atoms with Crippen LogP contribution in [0, 0.1) is 0 Å². The largest absolute Gasteiger partial charge is 0.494 e. The van der Waals surface area contributed by atoms with Crippen LogP contribution < -0.4 is 29.9 Å². The van der Waals surface area contributed by atoms with Crippen LogP contribution in [-0.4, -0.2) is 89.0 Å². The Hall–Kier alpha value is -3.32. The average Bonchev–Trinajstić information content (AvgIpc) is 3.02. The van der Waals surface area contributed by atoms with Crippen LogP contribution in [0.2, 0.25) is 5.02 Å². The third-order valence-corrected chi connectivity index (χ3v) is 9.71. The van der Waals surface area contributed by atoms with Gasteiger partial charge in [-0.2, -0.15) is 4.98 Å². The summed E-state index contributed by atoms with van der Waals surface area (Å²) in [6.45, 7) is 8.61. The number of para-hydroxylation sites is 2. The summed E-state index contributed by atoms with van der Waals surface area (Å²) in [5.41, 5.74) is 4.18. The first-order chi connectivity index (χ1) is 20.7. The molecule has 11 nitrogen and oxygen atoms in total. The van der Waals surface area contributed by atoms with Crippen molar-refractivity contribution in [2.24, 2.45) is 0 Å². The fourth-order valence-corrected chi connectivity index (χ4v) is 6.43. The van der Waals surface area contributed by atoms with Gasteiger partial charge in [-0.15, -0.1) is 0 Å². The Balaban J connectivity index is 1.35. The highest BCUT2D eigenvalue weighted by atomic mass is 35.5. The lowest BCUT2D eigenvalue weighted by molar-refractivity contribution is 0.150. The predicted octanol–water partition coefficient (Wildman–Crippen LogP) is 4.46. The van der Waals surface area contributed by atoms with E-state index in [0.29, 0.717) is 40.0 Å². The minimum Gasteiger partial charge on any atom is -0.494 e. The molecule has 1 aromatic heterocycles. The monoisotopic (exact) mass is 628 g/mol. The molecule has 0 bridgehead atoms. The molecule has 2 aliphatic rings. The smallest absolute Gasteiger partial charge is 0.232 e. The minimum absolute atomic E-state index is 0.295. The van der Waals surface area contributed by atoms with Crippen molar-refractivity contribution >= 4 is 56.1 Å². The maximum Gasteiger partial charge on any atom is 0.232 e. The topological polar surface area (TPSA) is 115 Å². The van der Waals surface area contributed by atoms with E-state index in [4.69, 9.17) is 16.3 Å². The molecule has 0 radical (unpaired) electrons. The summed E-state index contributed by atoms with van der Waals surface area (Å²) in [6.07, 6.45) is 5.84. The van der Waals surface area contributed by atoms with Gasteiger partial charge in [0.2, 0.25) is 16.0 Å². The Morgan fingerprint density at radius 3 is 2.49 bits per heavy atom. The number of halogens is 1. The van der Waals surface area contributed by atoms with Crippen molar-refractivity contribution in [2.75, 3.05) is 79.5 Å². The minimum atomic E-state index is -3.47. The van der Waals surface area contributed by atoms with Crippen molar-refractivity contribution in [3.05, 3.63) is 53.2 Å². The molecule has 2 fully saturated rings. The quantitative estimate of drug-likeness (QED) is 0.297. The van der Waals surface area contributed by atoms with Crippen LogP contribution in [0.25, 0.3) is 0 Å². The fraction of sp³-hybridized carbons (Fsp3) is 0.467. The molecule has 2 aliphatic heterocycles. The number of hydrogen-bond donors (Lipinski definition) is 3. The van der Waals surface area contributed by atoms with Gasteiger partial charge in [0.1, 0.15) is 10.8 Å². The SMILES string of the molecule is CCc1cc(Nc2ncc(Cl)c(Nc3ccccc3N(C)S(C)(=O)=O)n2)c(OC)cc1N1CCC(N2CCNCC2)CC1. The predicted molar refractivity (Wildman–Crippen MR) is 175 cm³/mol. The number of aryl methyl sites for hydroxylation is 1. The van der Waals surface area contributed by atoms with Crippen LogP contribution in [0.3, 0.4) is 0 Å². The Morgan fingerprint density at radius 1 is 1.09 bits per heavy atom. The molecule has 3 aromatic rings. The number of nitrogens with one attached hydrogen (secondary N) is 3. The number of anilines is 6. The molecule has 5 rings (SSSR count). The van der Waals surface area contributed by atoms with Gasteiger partial charge >= 0.3 is 0 Å². The number of hydrogen-bond acceptors (Lipinski definition) is 10. The van der Waals surface area contributed by atoms with Crippen LogP contribution in [0.1, 0.15) is 25.3 Å². The Morgan fingerprint density at radius 2 is 1.81 bits per heavy atom. The summed E-state index contributed by atoms with van der Waals surface area (Å²) in [7, 11) is -0.306. The maximum absolute atomic E-state index is 12.2. The third kappa shape index (κ3) is 7.26. The van der Waals surface area contributed by atoms with E-state index in [0.717, 1.165) is 70.5 Å². The highest BCUT2D eigenvalue weighted by molar-refractivity contribution is 7.92. The number of piperidine rings is 1. The van der Waals surface area contributed by atoms with Crippen molar-refractivity contribution in [1.82, 2.24) is 20.2 Å². The fourth-order valence-electron chi connectivity index (χ4n) is 5.77. The summed E-state index contributed by atoms with van der Waals surface area (Å²) in [4.78, 5) is 14.1. The maximum atomic E-state index is 12.2. The molecule has 0 amide bonds. The number of piperazine rings is 1. The molecule has 2 aromatic carbocycles. The molecule has 0 unspecified atom stereocenters. The van der Waals surface area contributed by atoms with Crippen LogP contribution in [0.15, 0.2) is 42.6 Å². The zero-order chi connectivity index (χ0) is 30.6. The lowest BCUT2D eigenvalue weighted by Crippen LogP contribution is -2.52. The molecular weight excluding hydrogens is 588 g/mol. The Labute approximate surface area is 259 Å². The molecule has 232 valence electrons. The first-order valence-corrected chi connectivity index (χ1v) is 16.9. The Bertz CT molecular complexity index is 1530. The molecule has 3 heterocycles. The normalized spacial score (nSPS) is 16.6. The molecule has 3 N–H and O–H groups in total. The Kier molecular flexibility index (Phi) is 9.80. The van der Waals surface area contributed by atoms with E-state index in [1.165, 1.54) is 28.8 Å². The molecule has 0 spiro atoms. The van der Waals surface area contributed by atoms with Gasteiger partial charge in [-0.1, -0.05) is 30.7 Å². The van der Waals surface area contributed by atoms with Gasteiger partial charge in [0.05, 0.1) is 36.6 Å². The van der Waals surface area contributed by atoms with Gasteiger partial charge in [-0.3, -0.25) is 9.21 Å². The van der Waals surface area contributed by atoms with Gasteiger partial charge in [0.25, 0.3) is 0 Å². The second-order valence-electron chi connectivity index (χ2n) is 10.9. The molecule has 2 saturated heterocycles. The van der Waals surface area contributed by atoms with E-state index in [1.54, 1.807) is 25.3 Å². The number of sulfonamides is 1. The molecule has 43 heavy (non-hydrogen) atoms. The highest BCUT2D eigenvalue weighted by Gasteiger charge is 2.27. The van der Waals surface area contributed by atoms with Crippen molar-refractivity contribution < 1.29 is 13.2 Å². The standard InChI is InChI=1S/C30H41ClN8O3S/c1-5-21-18-25(28(42-3)19-27(21)39-14-10-22(11-15-39)38-16-12-32-13-17-38)35-30-33-20-23(31)29(36-30)34-24-8-6-7-9-26(24)37(2)43(4,40)41/h6-9,18-20,22,32H,5,10-17H2,1-4H3,(H2,33,34,35,36). The molecule has 0 atom stereocenters. The van der Waals surface area contributed by atoms with E-state index >= 15 is 0 Å². The third-order valence-electron chi connectivity index (χ3n) is 8.24. The molecule has 0 saturated carbocycles. The highest BCUT2D eigenvalue weighted by Crippen LogP contribution is 2.37. The number of nitrogens with zero attached hydrogens (tertiary/aromatic N) is 5. The summed E-state index contributed by atoms with van der Waals surface area (Å²) in [5, 5.41) is 10.2. The van der Waals surface area contributed by atoms with Crippen molar-refractivity contribution in [3.8, 4) is 5.75 Å². The molecular formula is C30H41ClN8O3S. The summed E-state index contributed by atoms with van der Waals surface area (Å²) >= 11 is 6.46. The number of methoxy groups -OCH3 is 1. The van der Waals surface area contributed by atoms with Crippen LogP contribution in [0.4, 0.5) is 34.5 Å². The summed E-state index contributed by atoms with van der Waals surface area (Å²) < 4.78 is 31.4. The number of rotatable bonds is 10. The van der Waals surface area contributed by atoms with Gasteiger partial charge in [0, 0.05) is 64.1 Å². The van der Waals surface area contributed by atoms with E-state index in [9.17, 15) is 8.42 Å². The van der Waals surface area contributed by atoms with Crippen molar-refractivity contribution in [3.63, 3.8) is 0 Å². The lowest BCUT2D eigenvalue weighted by Gasteiger charge is -2.41. The second-order valence-corrected chi connectivity index (χ2v) is 13.3. The van der Waals surface area contributed by atoms with E-state index in [2.05, 4.69) is 54.8 Å². The number of ether oxygens (including phenoxy) is 1. The lowest BCUT2D eigenvalue weighted by atomic mass is 9.99. The average molecular weight is 629 g/mol. The molecule has 0 aliphatic carbocycles. The van der Waals surface area contributed by atoms with Crippen LogP contribution in [0.5, 0.6) is 5.75 Å². The van der Waals surface area contributed by atoms with E-state index < -0.39 is 10.0 Å². The number of benzene rings is 2. The van der Waals surface area contributed by atoms with E-state index in [-0.39, 0.29) is 0 Å². The second kappa shape index (κ2) is 13.5. The van der Waals surface area contributed by atoms with Gasteiger partial charge in [-0.25, -0.2) is 13.4 Å². The van der Waals surface area contributed by atoms with Crippen molar-refractivity contribution in [1.29, 1.82) is 0 Å². The van der Waals surface area contributed by atoms with Gasteiger partial charge < -0.3 is 25.6 Å². The van der Waals surface area contributed by atoms with Gasteiger partial charge in [0.15, 0.2) is 5.82 Å². The summed E-state index contributed by atoms with van der Waals surface area (Å²) in [6, 6.07) is 11.9. The van der Waals surface area contributed by atoms with Gasteiger partial charge in [-0.05, 0) is 43.0 Å². The van der Waals surface area contributed by atoms with Crippen LogP contribution in [-0.2, 0) is 16.4 Å². The number of aromatic nitrogens is 2. The first kappa shape index (κ1) is 31.1. The zero-order valence-electron chi connectivity index (χ0n) is 25.2. The van der Waals surface area contributed by atoms with E-state index in [1.807, 2.05) is 6.07 Å². The summed E-state index contributed by atoms with van der Waals surface area (Å²) in [5.74, 6) is 1.36. The molecule has 13 heteroatoms. The zero-order valence-corrected chi connectivity index (χ0v) is 26.8.